The van der Waals surface area contributed by atoms with Crippen LogP contribution >= 0.6 is 15.9 Å². The van der Waals surface area contributed by atoms with E-state index in [0.717, 1.165) is 6.07 Å². The Kier molecular flexibility index (Phi) is 8.33. The quantitative estimate of drug-likeness (QED) is 0.482. The van der Waals surface area contributed by atoms with Crippen LogP contribution in [0.25, 0.3) is 0 Å². The molecule has 0 amide bonds. The Morgan fingerprint density at radius 1 is 1.38 bits per heavy atom. The smallest absolute Gasteiger partial charge is 0.170 e. The second-order valence-corrected chi connectivity index (χ2v) is 12.9. The van der Waals surface area contributed by atoms with E-state index in [4.69, 9.17) is 5.14 Å². The van der Waals surface area contributed by atoms with Crippen LogP contribution in [0.5, 0.6) is 0 Å². The molecule has 0 radical (unpaired) electrons. The Hall–Kier alpha value is -1.15. The van der Waals surface area contributed by atoms with Crippen molar-refractivity contribution in [1.29, 1.82) is 5.26 Å². The van der Waals surface area contributed by atoms with E-state index in [2.05, 4.69) is 22.5 Å². The zero-order valence-electron chi connectivity index (χ0n) is 16.5. The molecule has 1 unspecified atom stereocenters. The number of allylic oxidation sites excluding steroid dienone is 1. The third kappa shape index (κ3) is 5.51. The molecule has 0 aliphatic heterocycles. The number of hydrogen-bond donors (Lipinski definition) is 1. The number of halogens is 3. The van der Waals surface area contributed by atoms with Crippen molar-refractivity contribution in [1.82, 2.24) is 0 Å². The molecule has 0 aliphatic carbocycles. The van der Waals surface area contributed by atoms with Gasteiger partial charge in [0.15, 0.2) is 14.6 Å². The highest BCUT2D eigenvalue weighted by molar-refractivity contribution is 9.10. The molecule has 0 saturated heterocycles. The third-order valence-electron chi connectivity index (χ3n) is 4.99. The number of nitriles is 1. The zero-order chi connectivity index (χ0) is 22.7. The van der Waals surface area contributed by atoms with Crippen LogP contribution in [0.15, 0.2) is 35.3 Å². The summed E-state index contributed by atoms with van der Waals surface area (Å²) in [5, 5.41) is 15.0. The lowest BCUT2D eigenvalue weighted by molar-refractivity contribution is 0.280. The minimum atomic E-state index is -4.27. The van der Waals surface area contributed by atoms with E-state index < -0.39 is 54.0 Å². The largest absolute Gasteiger partial charge is 0.251 e. The van der Waals surface area contributed by atoms with E-state index in [9.17, 15) is 26.7 Å². The minimum Gasteiger partial charge on any atom is -0.251 e. The maximum absolute atomic E-state index is 14.8. The molecular weight excluding hydrogens is 486 g/mol. The van der Waals surface area contributed by atoms with Gasteiger partial charge in [0.1, 0.15) is 12.5 Å². The lowest BCUT2D eigenvalue weighted by Crippen LogP contribution is -2.50. The highest BCUT2D eigenvalue weighted by Gasteiger charge is 2.49. The van der Waals surface area contributed by atoms with Gasteiger partial charge in [-0.1, -0.05) is 22.0 Å². The Morgan fingerprint density at radius 3 is 2.41 bits per heavy atom. The summed E-state index contributed by atoms with van der Waals surface area (Å²) in [5.41, 5.74) is -2.08. The molecule has 1 rings (SSSR count). The fraction of sp³-hybridized carbons (Fsp3) is 0.526. The maximum Gasteiger partial charge on any atom is 0.170 e. The molecule has 0 fully saturated rings. The summed E-state index contributed by atoms with van der Waals surface area (Å²) in [4.78, 5) is 0. The standard InChI is InChI=1S/C19H25BrF2N2O3S2/c1-5-8-18(4,12-23)29(26,27)13-19(11-21,10-17(2,3)28(24)25)15-9-14(20)6-7-16(15)22/h5-7,9H,1,8,10-11,13,24H2,2-4H3/t18-,19+,28?/m0/s1. The molecule has 5 nitrogen and oxygen atoms in total. The molecule has 1 aromatic rings. The average Bonchev–Trinajstić information content (AvgIpc) is 2.62. The summed E-state index contributed by atoms with van der Waals surface area (Å²) in [6.45, 7) is 6.42. The van der Waals surface area contributed by atoms with E-state index >= 15 is 0 Å². The second kappa shape index (κ2) is 9.33. The van der Waals surface area contributed by atoms with Gasteiger partial charge in [0.25, 0.3) is 0 Å². The first-order chi connectivity index (χ1) is 13.2. The van der Waals surface area contributed by atoms with Crippen LogP contribution in [0, 0.1) is 17.1 Å². The Bertz CT molecular complexity index is 947. The Labute approximate surface area is 182 Å². The number of rotatable bonds is 10. The normalized spacial score (nSPS) is 17.6. The first-order valence-corrected chi connectivity index (χ1v) is 12.3. The van der Waals surface area contributed by atoms with E-state index in [-0.39, 0.29) is 18.4 Å². The first kappa shape index (κ1) is 25.9. The van der Waals surface area contributed by atoms with Gasteiger partial charge in [-0.15, -0.1) is 6.58 Å². The summed E-state index contributed by atoms with van der Waals surface area (Å²) < 4.78 is 65.1. The topological polar surface area (TPSA) is 101 Å². The molecule has 0 aromatic heterocycles. The van der Waals surface area contributed by atoms with Crippen molar-refractivity contribution < 1.29 is 21.4 Å². The predicted molar refractivity (Wildman–Crippen MR) is 115 cm³/mol. The van der Waals surface area contributed by atoms with Gasteiger partial charge in [0.05, 0.1) is 27.6 Å². The summed E-state index contributed by atoms with van der Waals surface area (Å²) in [7, 11) is -6.22. The lowest BCUT2D eigenvalue weighted by atomic mass is 9.76. The fourth-order valence-electron chi connectivity index (χ4n) is 3.21. The number of hydrogen-bond acceptors (Lipinski definition) is 4. The molecule has 3 atom stereocenters. The molecule has 0 bridgehead atoms. The summed E-state index contributed by atoms with van der Waals surface area (Å²) in [6, 6.07) is 5.56. The van der Waals surface area contributed by atoms with Gasteiger partial charge < -0.3 is 0 Å². The van der Waals surface area contributed by atoms with Gasteiger partial charge in [0.2, 0.25) is 0 Å². The molecule has 29 heavy (non-hydrogen) atoms. The second-order valence-electron chi connectivity index (χ2n) is 7.87. The van der Waals surface area contributed by atoms with Crippen LogP contribution in [0.2, 0.25) is 0 Å². The van der Waals surface area contributed by atoms with Crippen molar-refractivity contribution in [2.45, 2.75) is 48.5 Å². The highest BCUT2D eigenvalue weighted by Crippen LogP contribution is 2.41. The van der Waals surface area contributed by atoms with Crippen LogP contribution in [0.4, 0.5) is 8.78 Å². The van der Waals surface area contributed by atoms with Crippen LogP contribution in [-0.2, 0) is 26.2 Å². The summed E-state index contributed by atoms with van der Waals surface area (Å²) in [5.74, 6) is -1.66. The van der Waals surface area contributed by atoms with Gasteiger partial charge in [-0.05, 0) is 57.4 Å². The third-order valence-corrected chi connectivity index (χ3v) is 9.28. The number of nitrogens with zero attached hydrogens (tertiary/aromatic N) is 1. The number of sulfone groups is 1. The molecule has 0 aliphatic rings. The van der Waals surface area contributed by atoms with Crippen molar-refractivity contribution in [3.63, 3.8) is 0 Å². The van der Waals surface area contributed by atoms with Crippen LogP contribution in [0.3, 0.4) is 0 Å². The van der Waals surface area contributed by atoms with E-state index in [0.29, 0.717) is 4.47 Å². The van der Waals surface area contributed by atoms with Gasteiger partial charge in [-0.25, -0.2) is 17.0 Å². The van der Waals surface area contributed by atoms with E-state index in [1.807, 2.05) is 0 Å². The van der Waals surface area contributed by atoms with Gasteiger partial charge in [-0.3, -0.25) is 9.53 Å². The molecule has 0 spiro atoms. The molecule has 10 heteroatoms. The zero-order valence-corrected chi connectivity index (χ0v) is 19.8. The SMILES string of the molecule is C=CC[C@@](C)(C#N)S(=O)(=O)C[C@](CF)(CC(C)(C)S(N)=O)c1cc(Br)ccc1F. The van der Waals surface area contributed by atoms with Crippen molar-refractivity contribution in [2.75, 3.05) is 12.4 Å². The van der Waals surface area contributed by atoms with E-state index in [1.165, 1.54) is 39.0 Å². The predicted octanol–water partition coefficient (Wildman–Crippen LogP) is 3.86. The van der Waals surface area contributed by atoms with Gasteiger partial charge >= 0.3 is 0 Å². The highest BCUT2D eigenvalue weighted by atomic mass is 79.9. The van der Waals surface area contributed by atoms with E-state index in [1.54, 1.807) is 6.07 Å². The first-order valence-electron chi connectivity index (χ1n) is 8.62. The molecule has 2 N–H and O–H groups in total. The monoisotopic (exact) mass is 510 g/mol. The van der Waals surface area contributed by atoms with Crippen molar-refractivity contribution in [3.05, 3.63) is 46.7 Å². The van der Waals surface area contributed by atoms with Crippen molar-refractivity contribution in [3.8, 4) is 6.07 Å². The molecule has 1 aromatic carbocycles. The van der Waals surface area contributed by atoms with Gasteiger partial charge in [-0.2, -0.15) is 5.26 Å². The van der Waals surface area contributed by atoms with Crippen LogP contribution in [0.1, 0.15) is 39.2 Å². The number of alkyl halides is 1. The minimum absolute atomic E-state index is 0.179. The Morgan fingerprint density at radius 2 is 1.97 bits per heavy atom. The Balaban J connectivity index is 3.77. The summed E-state index contributed by atoms with van der Waals surface area (Å²) >= 11 is 3.20. The maximum atomic E-state index is 14.8. The van der Waals surface area contributed by atoms with Crippen LogP contribution < -0.4 is 5.14 Å². The average molecular weight is 511 g/mol. The molecule has 0 saturated carbocycles. The lowest BCUT2D eigenvalue weighted by Gasteiger charge is -2.39. The van der Waals surface area contributed by atoms with Gasteiger partial charge in [0, 0.05) is 9.89 Å². The van der Waals surface area contributed by atoms with Crippen LogP contribution in [-0.4, -0.2) is 34.5 Å². The number of nitrogens with two attached hydrogens (primary N) is 1. The molecular formula is C19H25BrF2N2O3S2. The summed E-state index contributed by atoms with van der Waals surface area (Å²) in [6.07, 6.45) is 0.791. The molecule has 0 heterocycles. The fourth-order valence-corrected chi connectivity index (χ4v) is 5.88. The van der Waals surface area contributed by atoms with Crippen molar-refractivity contribution in [2.24, 2.45) is 5.14 Å². The van der Waals surface area contributed by atoms with Crippen molar-refractivity contribution >= 4 is 36.8 Å². The number of benzene rings is 1. The molecule has 162 valence electrons.